The average molecular weight is 292 g/mol. The Morgan fingerprint density at radius 2 is 2.25 bits per heavy atom. The number of nitrogens with one attached hydrogen (secondary N) is 1. The summed E-state index contributed by atoms with van der Waals surface area (Å²) in [6, 6.07) is 3.69. The minimum atomic E-state index is -3.18. The molecule has 1 N–H and O–H groups in total. The first kappa shape index (κ1) is 13.3. The van der Waals surface area contributed by atoms with Crippen LogP contribution in [0.3, 0.4) is 0 Å². The Hall–Kier alpha value is -1.73. The van der Waals surface area contributed by atoms with Gasteiger partial charge in [0.15, 0.2) is 0 Å². The summed E-state index contributed by atoms with van der Waals surface area (Å²) < 4.78 is 28.1. The smallest absolute Gasteiger partial charge is 0.214 e. The molecule has 1 aliphatic rings. The number of nitrogens with zero attached hydrogens (tertiary/aromatic N) is 3. The van der Waals surface area contributed by atoms with Gasteiger partial charge >= 0.3 is 0 Å². The Labute approximate surface area is 117 Å². The van der Waals surface area contributed by atoms with Gasteiger partial charge in [-0.2, -0.15) is 5.10 Å². The van der Waals surface area contributed by atoms with E-state index in [4.69, 9.17) is 0 Å². The van der Waals surface area contributed by atoms with Crippen LogP contribution in [0.25, 0.3) is 11.3 Å². The topological polar surface area (TPSA) is 76.9 Å². The molecule has 2 aromatic heterocycles. The molecule has 106 valence electrons. The number of aromatic nitrogens is 3. The van der Waals surface area contributed by atoms with Crippen molar-refractivity contribution in [3.8, 4) is 11.3 Å². The predicted octanol–water partition coefficient (Wildman–Crippen LogP) is 1.06. The summed E-state index contributed by atoms with van der Waals surface area (Å²) >= 11 is 0. The predicted molar refractivity (Wildman–Crippen MR) is 75.2 cm³/mol. The van der Waals surface area contributed by atoms with E-state index in [1.54, 1.807) is 23.1 Å². The van der Waals surface area contributed by atoms with Gasteiger partial charge in [-0.3, -0.25) is 9.67 Å². The molecule has 0 atom stereocenters. The van der Waals surface area contributed by atoms with Crippen LogP contribution in [0, 0.1) is 0 Å². The van der Waals surface area contributed by atoms with Gasteiger partial charge in [0.1, 0.15) is 0 Å². The Morgan fingerprint density at radius 3 is 2.90 bits per heavy atom. The highest BCUT2D eigenvalue weighted by Gasteiger charge is 2.35. The number of pyridine rings is 1. The molecule has 3 rings (SSSR count). The van der Waals surface area contributed by atoms with Gasteiger partial charge < -0.3 is 0 Å². The number of hydrogen-bond acceptors (Lipinski definition) is 4. The maximum Gasteiger partial charge on any atom is 0.214 e. The summed E-state index contributed by atoms with van der Waals surface area (Å²) in [6.45, 7) is 0.261. The zero-order valence-corrected chi connectivity index (χ0v) is 12.0. The van der Waals surface area contributed by atoms with Crippen molar-refractivity contribution in [2.45, 2.75) is 24.6 Å². The lowest BCUT2D eigenvalue weighted by Crippen LogP contribution is -2.27. The third-order valence-corrected chi connectivity index (χ3v) is 5.19. The van der Waals surface area contributed by atoms with E-state index in [2.05, 4.69) is 14.8 Å². The maximum absolute atomic E-state index is 11.9. The Bertz CT molecular complexity index is 719. The zero-order chi connectivity index (χ0) is 14.2. The lowest BCUT2D eigenvalue weighted by molar-refractivity contribution is 0.580. The van der Waals surface area contributed by atoms with E-state index in [1.807, 2.05) is 19.3 Å². The quantitative estimate of drug-likeness (QED) is 0.894. The Balaban J connectivity index is 1.83. The Morgan fingerprint density at radius 1 is 1.45 bits per heavy atom. The average Bonchev–Trinajstić information content (AvgIpc) is 3.21. The minimum Gasteiger partial charge on any atom is -0.275 e. The van der Waals surface area contributed by atoms with Gasteiger partial charge in [0.25, 0.3) is 0 Å². The molecular formula is C13H16N4O2S. The summed E-state index contributed by atoms with van der Waals surface area (Å²) in [5.74, 6) is 0. The largest absolute Gasteiger partial charge is 0.275 e. The fraction of sp³-hybridized carbons (Fsp3) is 0.385. The van der Waals surface area contributed by atoms with E-state index < -0.39 is 10.0 Å². The van der Waals surface area contributed by atoms with E-state index in [-0.39, 0.29) is 11.8 Å². The number of hydrogen-bond donors (Lipinski definition) is 1. The summed E-state index contributed by atoms with van der Waals surface area (Å²) in [5.41, 5.74) is 2.50. The van der Waals surface area contributed by atoms with E-state index in [0.29, 0.717) is 0 Å². The molecule has 1 saturated carbocycles. The first-order chi connectivity index (χ1) is 9.56. The van der Waals surface area contributed by atoms with E-state index in [0.717, 1.165) is 29.7 Å². The monoisotopic (exact) mass is 292 g/mol. The highest BCUT2D eigenvalue weighted by molar-refractivity contribution is 7.90. The fourth-order valence-electron chi connectivity index (χ4n) is 2.06. The summed E-state index contributed by atoms with van der Waals surface area (Å²) in [7, 11) is -1.34. The van der Waals surface area contributed by atoms with Gasteiger partial charge in [0, 0.05) is 31.5 Å². The SMILES string of the molecule is Cn1cc(-c2ncccc2CNS(=O)(=O)C2CC2)cn1. The molecule has 7 heteroatoms. The second kappa shape index (κ2) is 4.99. The molecule has 0 bridgehead atoms. The highest BCUT2D eigenvalue weighted by Crippen LogP contribution is 2.28. The van der Waals surface area contributed by atoms with Crippen LogP contribution in [-0.4, -0.2) is 28.4 Å². The highest BCUT2D eigenvalue weighted by atomic mass is 32.2. The van der Waals surface area contributed by atoms with Crippen molar-refractivity contribution < 1.29 is 8.42 Å². The molecule has 6 nitrogen and oxygen atoms in total. The van der Waals surface area contributed by atoms with Crippen LogP contribution in [0.4, 0.5) is 0 Å². The zero-order valence-electron chi connectivity index (χ0n) is 11.2. The standard InChI is InChI=1S/C13H16N4O2S/c1-17-9-11(7-15-17)13-10(3-2-6-14-13)8-16-20(18,19)12-4-5-12/h2-3,6-7,9,12,16H,4-5,8H2,1H3. The van der Waals surface area contributed by atoms with Gasteiger partial charge in [-0.1, -0.05) is 6.07 Å². The van der Waals surface area contributed by atoms with Crippen LogP contribution in [0.5, 0.6) is 0 Å². The van der Waals surface area contributed by atoms with Crippen molar-refractivity contribution in [2.24, 2.45) is 7.05 Å². The third kappa shape index (κ3) is 2.73. The molecule has 1 aliphatic carbocycles. The lowest BCUT2D eigenvalue weighted by Gasteiger charge is -2.08. The molecule has 2 heterocycles. The van der Waals surface area contributed by atoms with Crippen LogP contribution in [0.1, 0.15) is 18.4 Å². The van der Waals surface area contributed by atoms with Crippen molar-refractivity contribution in [2.75, 3.05) is 0 Å². The molecule has 0 aliphatic heterocycles. The molecule has 0 radical (unpaired) electrons. The molecule has 20 heavy (non-hydrogen) atoms. The summed E-state index contributed by atoms with van der Waals surface area (Å²) in [4.78, 5) is 4.34. The minimum absolute atomic E-state index is 0.207. The number of aryl methyl sites for hydroxylation is 1. The van der Waals surface area contributed by atoms with Crippen molar-refractivity contribution in [1.82, 2.24) is 19.5 Å². The number of sulfonamides is 1. The second-order valence-electron chi connectivity index (χ2n) is 4.98. The van der Waals surface area contributed by atoms with E-state index >= 15 is 0 Å². The van der Waals surface area contributed by atoms with Crippen LogP contribution in [0.15, 0.2) is 30.7 Å². The number of rotatable bonds is 5. The van der Waals surface area contributed by atoms with Crippen molar-refractivity contribution in [3.63, 3.8) is 0 Å². The van der Waals surface area contributed by atoms with Crippen molar-refractivity contribution >= 4 is 10.0 Å². The molecule has 0 spiro atoms. The third-order valence-electron chi connectivity index (χ3n) is 3.30. The molecule has 0 saturated heterocycles. The Kier molecular flexibility index (Phi) is 3.31. The van der Waals surface area contributed by atoms with Gasteiger partial charge in [-0.05, 0) is 24.5 Å². The first-order valence-electron chi connectivity index (χ1n) is 6.47. The van der Waals surface area contributed by atoms with E-state index in [1.165, 1.54) is 0 Å². The van der Waals surface area contributed by atoms with Gasteiger partial charge in [0.05, 0.1) is 17.1 Å². The van der Waals surface area contributed by atoms with Crippen LogP contribution in [-0.2, 0) is 23.6 Å². The lowest BCUT2D eigenvalue weighted by atomic mass is 10.1. The first-order valence-corrected chi connectivity index (χ1v) is 8.02. The summed E-state index contributed by atoms with van der Waals surface area (Å²) in [5, 5.41) is 3.91. The van der Waals surface area contributed by atoms with Crippen LogP contribution in [0.2, 0.25) is 0 Å². The van der Waals surface area contributed by atoms with Crippen LogP contribution < -0.4 is 4.72 Å². The maximum atomic E-state index is 11.9. The molecule has 0 aromatic carbocycles. The molecule has 0 amide bonds. The normalized spacial score (nSPS) is 15.4. The van der Waals surface area contributed by atoms with Gasteiger partial charge in [-0.15, -0.1) is 0 Å². The molecular weight excluding hydrogens is 276 g/mol. The van der Waals surface area contributed by atoms with Gasteiger partial charge in [-0.25, -0.2) is 13.1 Å². The van der Waals surface area contributed by atoms with Crippen LogP contribution >= 0.6 is 0 Å². The van der Waals surface area contributed by atoms with Gasteiger partial charge in [0.2, 0.25) is 10.0 Å². The fourth-order valence-corrected chi connectivity index (χ4v) is 3.41. The van der Waals surface area contributed by atoms with E-state index in [9.17, 15) is 8.42 Å². The molecule has 0 unspecified atom stereocenters. The molecule has 2 aromatic rings. The molecule has 1 fully saturated rings. The second-order valence-corrected chi connectivity index (χ2v) is 7.02. The van der Waals surface area contributed by atoms with Crippen molar-refractivity contribution in [1.29, 1.82) is 0 Å². The van der Waals surface area contributed by atoms with Crippen molar-refractivity contribution in [3.05, 3.63) is 36.3 Å². The summed E-state index contributed by atoms with van der Waals surface area (Å²) in [6.07, 6.45) is 6.80.